The van der Waals surface area contributed by atoms with Gasteiger partial charge in [0.2, 0.25) is 0 Å². The van der Waals surface area contributed by atoms with E-state index < -0.39 is 0 Å². The molecule has 2 rings (SSSR count). The summed E-state index contributed by atoms with van der Waals surface area (Å²) in [6.07, 6.45) is 5.10. The Hall–Kier alpha value is -1.71. The van der Waals surface area contributed by atoms with Gasteiger partial charge < -0.3 is 14.8 Å². The Labute approximate surface area is 156 Å². The van der Waals surface area contributed by atoms with Crippen molar-refractivity contribution in [3.05, 3.63) is 58.6 Å². The molecule has 0 aliphatic carbocycles. The van der Waals surface area contributed by atoms with Crippen LogP contribution in [0.4, 0.5) is 0 Å². The van der Waals surface area contributed by atoms with Crippen molar-refractivity contribution in [3.8, 4) is 11.5 Å². The highest BCUT2D eigenvalue weighted by Crippen LogP contribution is 2.29. The van der Waals surface area contributed by atoms with Gasteiger partial charge >= 0.3 is 0 Å². The van der Waals surface area contributed by atoms with Gasteiger partial charge in [-0.3, -0.25) is 0 Å². The lowest BCUT2D eigenvalue weighted by molar-refractivity contribution is 0.284. The van der Waals surface area contributed by atoms with E-state index >= 15 is 0 Å². The third-order valence-corrected chi connectivity index (χ3v) is 4.47. The van der Waals surface area contributed by atoms with Crippen LogP contribution in [0.25, 0.3) is 0 Å². The van der Waals surface area contributed by atoms with Crippen LogP contribution in [0.15, 0.2) is 42.5 Å². The van der Waals surface area contributed by atoms with Gasteiger partial charge in [0.15, 0.2) is 11.5 Å². The monoisotopic (exact) mass is 361 g/mol. The first-order valence-electron chi connectivity index (χ1n) is 8.98. The molecule has 25 heavy (non-hydrogen) atoms. The summed E-state index contributed by atoms with van der Waals surface area (Å²) in [5.41, 5.74) is 2.15. The molecule has 4 heteroatoms. The van der Waals surface area contributed by atoms with Crippen molar-refractivity contribution in [1.82, 2.24) is 5.32 Å². The number of ether oxygens (including phenoxy) is 2. The maximum absolute atomic E-state index is 6.17. The van der Waals surface area contributed by atoms with E-state index in [1.54, 1.807) is 7.11 Å². The first-order valence-corrected chi connectivity index (χ1v) is 9.36. The van der Waals surface area contributed by atoms with Gasteiger partial charge in [-0.15, -0.1) is 0 Å². The fourth-order valence-electron chi connectivity index (χ4n) is 2.62. The number of unbranched alkanes of at least 4 members (excludes halogenated alkanes) is 3. The first-order chi connectivity index (χ1) is 12.2. The molecule has 136 valence electrons. The third kappa shape index (κ3) is 6.60. The molecule has 0 aliphatic heterocycles. The summed E-state index contributed by atoms with van der Waals surface area (Å²) in [7, 11) is 1.67. The molecule has 0 heterocycles. The van der Waals surface area contributed by atoms with E-state index in [2.05, 4.69) is 18.3 Å². The highest BCUT2D eigenvalue weighted by Gasteiger charge is 2.07. The highest BCUT2D eigenvalue weighted by molar-refractivity contribution is 6.31. The van der Waals surface area contributed by atoms with Gasteiger partial charge in [0.25, 0.3) is 0 Å². The van der Waals surface area contributed by atoms with E-state index in [1.165, 1.54) is 31.2 Å². The molecule has 0 amide bonds. The molecule has 1 N–H and O–H groups in total. The van der Waals surface area contributed by atoms with Gasteiger partial charge in [-0.05, 0) is 36.7 Å². The molecule has 0 saturated heterocycles. The van der Waals surface area contributed by atoms with Gasteiger partial charge in [0.05, 0.1) is 7.11 Å². The SMILES string of the molecule is CCCCCCNCc1ccc(OCc2ccccc2Cl)c(OC)c1. The van der Waals surface area contributed by atoms with Crippen LogP contribution < -0.4 is 14.8 Å². The second kappa shape index (κ2) is 11.0. The lowest BCUT2D eigenvalue weighted by atomic mass is 10.2. The maximum Gasteiger partial charge on any atom is 0.161 e. The van der Waals surface area contributed by atoms with Gasteiger partial charge in [-0.25, -0.2) is 0 Å². The Morgan fingerprint density at radius 3 is 2.60 bits per heavy atom. The molecule has 3 nitrogen and oxygen atoms in total. The quantitative estimate of drug-likeness (QED) is 0.528. The van der Waals surface area contributed by atoms with Crippen LogP contribution in [-0.4, -0.2) is 13.7 Å². The van der Waals surface area contributed by atoms with Crippen molar-refractivity contribution in [2.75, 3.05) is 13.7 Å². The minimum absolute atomic E-state index is 0.422. The Kier molecular flexibility index (Phi) is 8.64. The Morgan fingerprint density at radius 1 is 1.00 bits per heavy atom. The maximum atomic E-state index is 6.17. The smallest absolute Gasteiger partial charge is 0.161 e. The Bertz CT molecular complexity index is 646. The summed E-state index contributed by atoms with van der Waals surface area (Å²) in [6.45, 7) is 4.54. The Balaban J connectivity index is 1.87. The topological polar surface area (TPSA) is 30.5 Å². The molecular formula is C21H28ClNO2. The largest absolute Gasteiger partial charge is 0.493 e. The van der Waals surface area contributed by atoms with Crippen molar-refractivity contribution in [2.24, 2.45) is 0 Å². The normalized spacial score (nSPS) is 10.7. The van der Waals surface area contributed by atoms with Crippen molar-refractivity contribution >= 4 is 11.6 Å². The van der Waals surface area contributed by atoms with Crippen molar-refractivity contribution < 1.29 is 9.47 Å². The third-order valence-electron chi connectivity index (χ3n) is 4.11. The molecule has 2 aromatic carbocycles. The van der Waals surface area contributed by atoms with E-state index in [0.717, 1.165) is 30.2 Å². The molecule has 0 aromatic heterocycles. The number of methoxy groups -OCH3 is 1. The minimum Gasteiger partial charge on any atom is -0.493 e. The predicted molar refractivity (Wildman–Crippen MR) is 105 cm³/mol. The summed E-state index contributed by atoms with van der Waals surface area (Å²) in [4.78, 5) is 0. The van der Waals surface area contributed by atoms with E-state index in [0.29, 0.717) is 11.6 Å². The molecule has 0 spiro atoms. The van der Waals surface area contributed by atoms with Crippen LogP contribution in [0.3, 0.4) is 0 Å². The summed E-state index contributed by atoms with van der Waals surface area (Å²) >= 11 is 6.17. The average molecular weight is 362 g/mol. The van der Waals surface area contributed by atoms with Crippen molar-refractivity contribution in [3.63, 3.8) is 0 Å². The van der Waals surface area contributed by atoms with E-state index in [1.807, 2.05) is 36.4 Å². The Morgan fingerprint density at radius 2 is 1.84 bits per heavy atom. The minimum atomic E-state index is 0.422. The van der Waals surface area contributed by atoms with Crippen LogP contribution in [0.5, 0.6) is 11.5 Å². The van der Waals surface area contributed by atoms with Gasteiger partial charge in [0.1, 0.15) is 6.61 Å². The number of nitrogens with one attached hydrogen (secondary N) is 1. The van der Waals surface area contributed by atoms with Crippen molar-refractivity contribution in [1.29, 1.82) is 0 Å². The fourth-order valence-corrected chi connectivity index (χ4v) is 2.81. The van der Waals surface area contributed by atoms with Crippen LogP contribution in [-0.2, 0) is 13.2 Å². The number of halogens is 1. The lowest BCUT2D eigenvalue weighted by Gasteiger charge is -2.13. The molecule has 0 saturated carbocycles. The first kappa shape index (κ1) is 19.6. The standard InChI is InChI=1S/C21H28ClNO2/c1-3-4-5-8-13-23-15-17-11-12-20(21(14-17)24-2)25-16-18-9-6-7-10-19(18)22/h6-7,9-12,14,23H,3-5,8,13,15-16H2,1-2H3. The summed E-state index contributed by atoms with van der Waals surface area (Å²) in [5, 5.41) is 4.20. The van der Waals surface area contributed by atoms with E-state index in [9.17, 15) is 0 Å². The molecule has 0 radical (unpaired) electrons. The number of hydrogen-bond donors (Lipinski definition) is 1. The molecule has 0 atom stereocenters. The zero-order valence-corrected chi connectivity index (χ0v) is 15.9. The van der Waals surface area contributed by atoms with E-state index in [4.69, 9.17) is 21.1 Å². The zero-order valence-electron chi connectivity index (χ0n) is 15.2. The molecule has 0 bridgehead atoms. The second-order valence-electron chi connectivity index (χ2n) is 6.10. The number of hydrogen-bond acceptors (Lipinski definition) is 3. The zero-order chi connectivity index (χ0) is 17.9. The summed E-state index contributed by atoms with van der Waals surface area (Å²) in [6, 6.07) is 13.8. The molecule has 0 aliphatic rings. The van der Waals surface area contributed by atoms with E-state index in [-0.39, 0.29) is 0 Å². The highest BCUT2D eigenvalue weighted by atomic mass is 35.5. The number of benzene rings is 2. The molecule has 0 fully saturated rings. The predicted octanol–water partition coefficient (Wildman–Crippen LogP) is 5.60. The summed E-state index contributed by atoms with van der Waals surface area (Å²) in [5.74, 6) is 1.48. The second-order valence-corrected chi connectivity index (χ2v) is 6.51. The van der Waals surface area contributed by atoms with Gasteiger partial charge in [-0.1, -0.05) is 62.1 Å². The van der Waals surface area contributed by atoms with Gasteiger partial charge in [0, 0.05) is 17.1 Å². The van der Waals surface area contributed by atoms with Gasteiger partial charge in [-0.2, -0.15) is 0 Å². The molecule has 0 unspecified atom stereocenters. The molecule has 2 aromatic rings. The van der Waals surface area contributed by atoms with Crippen LogP contribution in [0.1, 0.15) is 43.7 Å². The van der Waals surface area contributed by atoms with Crippen LogP contribution in [0.2, 0.25) is 5.02 Å². The lowest BCUT2D eigenvalue weighted by Crippen LogP contribution is -2.14. The van der Waals surface area contributed by atoms with Crippen LogP contribution >= 0.6 is 11.6 Å². The fraction of sp³-hybridized carbons (Fsp3) is 0.429. The van der Waals surface area contributed by atoms with Crippen molar-refractivity contribution in [2.45, 2.75) is 45.8 Å². The summed E-state index contributed by atoms with van der Waals surface area (Å²) < 4.78 is 11.4. The number of rotatable bonds is 11. The molecular weight excluding hydrogens is 334 g/mol. The average Bonchev–Trinajstić information content (AvgIpc) is 2.64. The van der Waals surface area contributed by atoms with Crippen LogP contribution in [0, 0.1) is 0 Å².